The molecule has 1 atom stereocenters. The lowest BCUT2D eigenvalue weighted by Gasteiger charge is -2.23. The van der Waals surface area contributed by atoms with Gasteiger partial charge in [0.15, 0.2) is 15.4 Å². The van der Waals surface area contributed by atoms with E-state index in [0.29, 0.717) is 24.3 Å². The molecule has 0 bridgehead atoms. The van der Waals surface area contributed by atoms with Crippen molar-refractivity contribution in [1.82, 2.24) is 5.32 Å². The molecule has 0 fully saturated rings. The molecule has 1 amide bonds. The number of sulfone groups is 1. The summed E-state index contributed by atoms with van der Waals surface area (Å²) in [6.07, 6.45) is 0.308. The smallest absolute Gasteiger partial charge is 0.251 e. The van der Waals surface area contributed by atoms with Gasteiger partial charge in [-0.15, -0.1) is 0 Å². The third-order valence-electron chi connectivity index (χ3n) is 6.12. The summed E-state index contributed by atoms with van der Waals surface area (Å²) in [5, 5.41) is 11.5. The van der Waals surface area contributed by atoms with Gasteiger partial charge in [-0.1, -0.05) is 18.2 Å². The topological polar surface area (TPSA) is 114 Å². The summed E-state index contributed by atoms with van der Waals surface area (Å²) in [5.74, 6) is -1.84. The zero-order valence-corrected chi connectivity index (χ0v) is 21.8. The van der Waals surface area contributed by atoms with E-state index in [4.69, 9.17) is 14.6 Å². The Morgan fingerprint density at radius 2 is 1.74 bits per heavy atom. The standard InChI is InChI=1S/C28H28F2N2O6S/c29-22-15-20(16-23(30)17-22)18-31-27(34)28(11-14-39(35,36)25-5-2-1-3-6-25)19-38-26(32-28)21-7-9-24(10-8-21)37-13-4-12-33/h1-3,5-10,15-17,33H,4,11-14,18-19H2,(H,31,34)/t28-/m1/s1. The van der Waals surface area contributed by atoms with Gasteiger partial charge in [0.2, 0.25) is 5.90 Å². The number of aliphatic hydroxyl groups is 1. The molecule has 0 aromatic heterocycles. The fourth-order valence-corrected chi connectivity index (χ4v) is 5.42. The Balaban J connectivity index is 1.56. The van der Waals surface area contributed by atoms with Crippen LogP contribution in [0.5, 0.6) is 5.75 Å². The van der Waals surface area contributed by atoms with Crippen LogP contribution in [-0.4, -0.2) is 56.4 Å². The van der Waals surface area contributed by atoms with E-state index in [1.165, 1.54) is 12.1 Å². The molecule has 8 nitrogen and oxygen atoms in total. The summed E-state index contributed by atoms with van der Waals surface area (Å²) < 4.78 is 64.5. The molecule has 0 unspecified atom stereocenters. The van der Waals surface area contributed by atoms with Crippen molar-refractivity contribution in [2.75, 3.05) is 25.6 Å². The van der Waals surface area contributed by atoms with Gasteiger partial charge in [0.05, 0.1) is 17.3 Å². The van der Waals surface area contributed by atoms with E-state index in [-0.39, 0.29) is 48.3 Å². The van der Waals surface area contributed by atoms with Crippen LogP contribution >= 0.6 is 0 Å². The number of hydrogen-bond acceptors (Lipinski definition) is 7. The molecule has 3 aromatic rings. The van der Waals surface area contributed by atoms with E-state index in [0.717, 1.165) is 18.2 Å². The Hall–Kier alpha value is -3.83. The molecule has 0 spiro atoms. The molecule has 0 saturated heterocycles. The Kier molecular flexibility index (Phi) is 8.93. The third kappa shape index (κ3) is 7.18. The lowest BCUT2D eigenvalue weighted by molar-refractivity contribution is -0.127. The number of aliphatic hydroxyl groups excluding tert-OH is 1. The first-order chi connectivity index (χ1) is 18.7. The van der Waals surface area contributed by atoms with Gasteiger partial charge in [0.25, 0.3) is 5.91 Å². The predicted molar refractivity (Wildman–Crippen MR) is 140 cm³/mol. The number of amides is 1. The highest BCUT2D eigenvalue weighted by Gasteiger charge is 2.45. The van der Waals surface area contributed by atoms with E-state index < -0.39 is 32.9 Å². The quantitative estimate of drug-likeness (QED) is 0.330. The highest BCUT2D eigenvalue weighted by molar-refractivity contribution is 7.91. The highest BCUT2D eigenvalue weighted by atomic mass is 32.2. The minimum atomic E-state index is -3.73. The van der Waals surface area contributed by atoms with Crippen LogP contribution < -0.4 is 10.1 Å². The number of aliphatic imine (C=N–C) groups is 1. The number of carbonyl (C=O) groups excluding carboxylic acids is 1. The van der Waals surface area contributed by atoms with Crippen molar-refractivity contribution in [1.29, 1.82) is 0 Å². The van der Waals surface area contributed by atoms with Gasteiger partial charge in [-0.2, -0.15) is 0 Å². The van der Waals surface area contributed by atoms with Crippen LogP contribution in [0.2, 0.25) is 0 Å². The lowest BCUT2D eigenvalue weighted by atomic mass is 9.97. The van der Waals surface area contributed by atoms with Crippen molar-refractivity contribution in [2.24, 2.45) is 4.99 Å². The third-order valence-corrected chi connectivity index (χ3v) is 7.85. The predicted octanol–water partition coefficient (Wildman–Crippen LogP) is 3.42. The largest absolute Gasteiger partial charge is 0.494 e. The SMILES string of the molecule is O=C(NCc1cc(F)cc(F)c1)[C@@]1(CCS(=O)(=O)c2ccccc2)COC(c2ccc(OCCCO)cc2)=N1. The molecule has 11 heteroatoms. The van der Waals surface area contributed by atoms with Gasteiger partial charge in [-0.05, 0) is 60.5 Å². The molecule has 39 heavy (non-hydrogen) atoms. The maximum Gasteiger partial charge on any atom is 0.251 e. The first kappa shape index (κ1) is 28.2. The normalized spacial score (nSPS) is 16.8. The minimum Gasteiger partial charge on any atom is -0.494 e. The Labute approximate surface area is 225 Å². The number of nitrogens with zero attached hydrogens (tertiary/aromatic N) is 1. The average molecular weight is 559 g/mol. The van der Waals surface area contributed by atoms with Crippen LogP contribution in [0, 0.1) is 11.6 Å². The van der Waals surface area contributed by atoms with Crippen molar-refractivity contribution in [2.45, 2.75) is 29.8 Å². The Morgan fingerprint density at radius 3 is 2.41 bits per heavy atom. The minimum absolute atomic E-state index is 0.0149. The summed E-state index contributed by atoms with van der Waals surface area (Å²) in [5.41, 5.74) is -0.829. The van der Waals surface area contributed by atoms with E-state index in [1.54, 1.807) is 42.5 Å². The molecule has 206 valence electrons. The number of ether oxygens (including phenoxy) is 2. The zero-order valence-electron chi connectivity index (χ0n) is 21.0. The summed E-state index contributed by atoms with van der Waals surface area (Å²) in [6.45, 7) is -0.0428. The van der Waals surface area contributed by atoms with Crippen molar-refractivity contribution < 1.29 is 36.6 Å². The lowest BCUT2D eigenvalue weighted by Crippen LogP contribution is -2.47. The molecule has 3 aromatic carbocycles. The molecule has 4 rings (SSSR count). The molecule has 1 aliphatic rings. The molecule has 0 radical (unpaired) electrons. The molecule has 0 saturated carbocycles. The summed E-state index contributed by atoms with van der Waals surface area (Å²) in [4.78, 5) is 18.1. The van der Waals surface area contributed by atoms with Gasteiger partial charge < -0.3 is 19.9 Å². The van der Waals surface area contributed by atoms with Crippen LogP contribution in [0.15, 0.2) is 82.7 Å². The maximum atomic E-state index is 13.6. The van der Waals surface area contributed by atoms with Gasteiger partial charge >= 0.3 is 0 Å². The first-order valence-electron chi connectivity index (χ1n) is 12.3. The highest BCUT2D eigenvalue weighted by Crippen LogP contribution is 2.29. The molecule has 1 heterocycles. The molecule has 1 aliphatic heterocycles. The fourth-order valence-electron chi connectivity index (χ4n) is 4.01. The summed E-state index contributed by atoms with van der Waals surface area (Å²) in [6, 6.07) is 17.6. The van der Waals surface area contributed by atoms with E-state index in [2.05, 4.69) is 10.3 Å². The molecular weight excluding hydrogens is 530 g/mol. The monoisotopic (exact) mass is 558 g/mol. The number of benzene rings is 3. The number of rotatable bonds is 12. The van der Waals surface area contributed by atoms with Gasteiger partial charge in [-0.3, -0.25) is 4.79 Å². The number of nitrogens with one attached hydrogen (secondary N) is 1. The molecule has 0 aliphatic carbocycles. The number of halogens is 2. The van der Waals surface area contributed by atoms with Crippen molar-refractivity contribution in [3.8, 4) is 5.75 Å². The van der Waals surface area contributed by atoms with Crippen LogP contribution in [0.3, 0.4) is 0 Å². The second kappa shape index (κ2) is 12.4. The summed E-state index contributed by atoms with van der Waals surface area (Å²) in [7, 11) is -3.73. The van der Waals surface area contributed by atoms with Gasteiger partial charge in [0, 0.05) is 31.2 Å². The fraction of sp³-hybridized carbons (Fsp3) is 0.286. The second-order valence-corrected chi connectivity index (χ2v) is 11.1. The van der Waals surface area contributed by atoms with Crippen LogP contribution in [-0.2, 0) is 25.9 Å². The molecular formula is C28H28F2N2O6S. The second-order valence-electron chi connectivity index (χ2n) is 9.03. The van der Waals surface area contributed by atoms with Crippen LogP contribution in [0.25, 0.3) is 0 Å². The number of hydrogen-bond donors (Lipinski definition) is 2. The van der Waals surface area contributed by atoms with Gasteiger partial charge in [0.1, 0.15) is 24.0 Å². The Bertz CT molecular complexity index is 1410. The van der Waals surface area contributed by atoms with Crippen molar-refractivity contribution in [3.05, 3.63) is 95.6 Å². The van der Waals surface area contributed by atoms with E-state index >= 15 is 0 Å². The average Bonchev–Trinajstić information content (AvgIpc) is 3.37. The zero-order chi connectivity index (χ0) is 27.9. The first-order valence-corrected chi connectivity index (χ1v) is 13.9. The maximum absolute atomic E-state index is 13.6. The van der Waals surface area contributed by atoms with E-state index in [1.807, 2.05) is 0 Å². The van der Waals surface area contributed by atoms with Crippen LogP contribution in [0.1, 0.15) is 24.0 Å². The Morgan fingerprint density at radius 1 is 1.05 bits per heavy atom. The van der Waals surface area contributed by atoms with Crippen molar-refractivity contribution in [3.63, 3.8) is 0 Å². The van der Waals surface area contributed by atoms with E-state index in [9.17, 15) is 22.0 Å². The van der Waals surface area contributed by atoms with Crippen molar-refractivity contribution >= 4 is 21.6 Å². The summed E-state index contributed by atoms with van der Waals surface area (Å²) >= 11 is 0. The molecule has 2 N–H and O–H groups in total. The number of carbonyl (C=O) groups is 1. The van der Waals surface area contributed by atoms with Crippen LogP contribution in [0.4, 0.5) is 8.78 Å². The van der Waals surface area contributed by atoms with Gasteiger partial charge in [-0.25, -0.2) is 22.2 Å².